The number of hydrogen-bond donors (Lipinski definition) is 2. The van der Waals surface area contributed by atoms with Crippen molar-refractivity contribution in [3.05, 3.63) is 34.5 Å². The molecule has 0 saturated heterocycles. The second-order valence-corrected chi connectivity index (χ2v) is 4.81. The lowest BCUT2D eigenvalue weighted by Crippen LogP contribution is -2.11. The number of rotatable bonds is 4. The van der Waals surface area contributed by atoms with E-state index in [0.717, 1.165) is 12.1 Å². The van der Waals surface area contributed by atoms with Gasteiger partial charge in [0.15, 0.2) is 5.13 Å². The lowest BCUT2D eigenvalue weighted by Gasteiger charge is -2.10. The Kier molecular flexibility index (Phi) is 4.28. The standard InChI is InChI=1S/C12H10F3N5S/c1-17-11-19-8(6-21-11)5-18-10-7(4-16)2-3-9(20-10)12(13,14)15/h2-3,6H,5H2,1H3,(H,17,19)(H,18,20). The molecule has 0 amide bonds. The Hall–Kier alpha value is -2.34. The maximum absolute atomic E-state index is 12.6. The van der Waals surface area contributed by atoms with Crippen LogP contribution in [0.2, 0.25) is 0 Å². The summed E-state index contributed by atoms with van der Waals surface area (Å²) >= 11 is 1.37. The molecule has 0 bridgehead atoms. The van der Waals surface area contributed by atoms with E-state index in [1.807, 2.05) is 0 Å². The van der Waals surface area contributed by atoms with Crippen LogP contribution in [0.5, 0.6) is 0 Å². The summed E-state index contributed by atoms with van der Waals surface area (Å²) in [5.74, 6) is -0.105. The lowest BCUT2D eigenvalue weighted by molar-refractivity contribution is -0.141. The summed E-state index contributed by atoms with van der Waals surface area (Å²) in [6.07, 6.45) is -4.55. The molecule has 21 heavy (non-hydrogen) atoms. The van der Waals surface area contributed by atoms with E-state index >= 15 is 0 Å². The SMILES string of the molecule is CNc1nc(CNc2nc(C(F)(F)F)ccc2C#N)cs1. The molecule has 0 spiro atoms. The van der Waals surface area contributed by atoms with Gasteiger partial charge in [0.25, 0.3) is 0 Å². The van der Waals surface area contributed by atoms with E-state index in [1.54, 1.807) is 18.5 Å². The molecule has 0 unspecified atom stereocenters. The Morgan fingerprint density at radius 1 is 1.33 bits per heavy atom. The molecule has 2 aromatic heterocycles. The van der Waals surface area contributed by atoms with Crippen LogP contribution in [0.4, 0.5) is 24.1 Å². The molecule has 2 rings (SSSR count). The van der Waals surface area contributed by atoms with Gasteiger partial charge in [-0.15, -0.1) is 11.3 Å². The summed E-state index contributed by atoms with van der Waals surface area (Å²) < 4.78 is 37.9. The Balaban J connectivity index is 2.20. The Morgan fingerprint density at radius 3 is 2.67 bits per heavy atom. The van der Waals surface area contributed by atoms with Crippen molar-refractivity contribution in [1.82, 2.24) is 9.97 Å². The first kappa shape index (κ1) is 15.1. The van der Waals surface area contributed by atoms with Crippen molar-refractivity contribution in [3.8, 4) is 6.07 Å². The van der Waals surface area contributed by atoms with Crippen molar-refractivity contribution >= 4 is 22.3 Å². The number of thiazole rings is 1. The fraction of sp³-hybridized carbons (Fsp3) is 0.250. The van der Waals surface area contributed by atoms with Gasteiger partial charge >= 0.3 is 6.18 Å². The van der Waals surface area contributed by atoms with E-state index in [0.29, 0.717) is 10.8 Å². The highest BCUT2D eigenvalue weighted by molar-refractivity contribution is 7.13. The van der Waals surface area contributed by atoms with Gasteiger partial charge in [0, 0.05) is 12.4 Å². The van der Waals surface area contributed by atoms with Gasteiger partial charge < -0.3 is 10.6 Å². The predicted molar refractivity (Wildman–Crippen MR) is 72.9 cm³/mol. The minimum atomic E-state index is -4.55. The van der Waals surface area contributed by atoms with Crippen LogP contribution in [0, 0.1) is 11.3 Å². The number of halogens is 3. The zero-order chi connectivity index (χ0) is 15.5. The number of pyridine rings is 1. The number of alkyl halides is 3. The van der Waals surface area contributed by atoms with Crippen molar-refractivity contribution in [2.24, 2.45) is 0 Å². The van der Waals surface area contributed by atoms with Crippen LogP contribution >= 0.6 is 11.3 Å². The summed E-state index contributed by atoms with van der Waals surface area (Å²) in [7, 11) is 1.72. The maximum Gasteiger partial charge on any atom is 0.433 e. The normalized spacial score (nSPS) is 11.0. The number of nitrogens with one attached hydrogen (secondary N) is 2. The molecular weight excluding hydrogens is 303 g/mol. The quantitative estimate of drug-likeness (QED) is 0.907. The molecule has 0 atom stereocenters. The summed E-state index contributed by atoms with van der Waals surface area (Å²) in [6, 6.07) is 3.68. The molecular formula is C12H10F3N5S. The Labute approximate surface area is 122 Å². The maximum atomic E-state index is 12.6. The van der Waals surface area contributed by atoms with Gasteiger partial charge in [-0.3, -0.25) is 0 Å². The number of anilines is 2. The first-order valence-electron chi connectivity index (χ1n) is 5.78. The van der Waals surface area contributed by atoms with E-state index < -0.39 is 11.9 Å². The van der Waals surface area contributed by atoms with Gasteiger partial charge in [-0.1, -0.05) is 0 Å². The van der Waals surface area contributed by atoms with Gasteiger partial charge in [0.05, 0.1) is 17.8 Å². The molecule has 9 heteroatoms. The van der Waals surface area contributed by atoms with Crippen molar-refractivity contribution in [3.63, 3.8) is 0 Å². The second-order valence-electron chi connectivity index (χ2n) is 3.95. The smallest absolute Gasteiger partial charge is 0.365 e. The molecule has 0 fully saturated rings. The predicted octanol–water partition coefficient (Wildman–Crippen LogP) is 3.08. The van der Waals surface area contributed by atoms with Crippen molar-refractivity contribution < 1.29 is 13.2 Å². The molecule has 0 aliphatic carbocycles. The average Bonchev–Trinajstić information content (AvgIpc) is 2.91. The fourth-order valence-electron chi connectivity index (χ4n) is 1.52. The van der Waals surface area contributed by atoms with Crippen molar-refractivity contribution in [1.29, 1.82) is 5.26 Å². The molecule has 2 aromatic rings. The molecule has 5 nitrogen and oxygen atoms in total. The van der Waals surface area contributed by atoms with Crippen LogP contribution in [0.25, 0.3) is 0 Å². The zero-order valence-corrected chi connectivity index (χ0v) is 11.6. The van der Waals surface area contributed by atoms with Crippen LogP contribution in [0.15, 0.2) is 17.5 Å². The minimum absolute atomic E-state index is 0.0482. The Morgan fingerprint density at radius 2 is 2.10 bits per heavy atom. The monoisotopic (exact) mass is 313 g/mol. The van der Waals surface area contributed by atoms with Gasteiger partial charge in [-0.25, -0.2) is 9.97 Å². The minimum Gasteiger partial charge on any atom is -0.365 e. The van der Waals surface area contributed by atoms with Gasteiger partial charge in [-0.05, 0) is 12.1 Å². The third-order valence-electron chi connectivity index (χ3n) is 2.51. The largest absolute Gasteiger partial charge is 0.433 e. The molecule has 0 saturated carbocycles. The van der Waals surface area contributed by atoms with Crippen LogP contribution in [0.3, 0.4) is 0 Å². The van der Waals surface area contributed by atoms with Crippen LogP contribution < -0.4 is 10.6 Å². The van der Waals surface area contributed by atoms with Gasteiger partial charge in [-0.2, -0.15) is 18.4 Å². The van der Waals surface area contributed by atoms with E-state index in [2.05, 4.69) is 20.6 Å². The third-order valence-corrected chi connectivity index (χ3v) is 3.42. The topological polar surface area (TPSA) is 73.6 Å². The third kappa shape index (κ3) is 3.61. The highest BCUT2D eigenvalue weighted by atomic mass is 32.1. The Bertz CT molecular complexity index is 674. The molecule has 2 N–H and O–H groups in total. The fourth-order valence-corrected chi connectivity index (χ4v) is 2.19. The van der Waals surface area contributed by atoms with Gasteiger partial charge in [0.1, 0.15) is 17.6 Å². The van der Waals surface area contributed by atoms with Crippen molar-refractivity contribution in [2.75, 3.05) is 17.7 Å². The van der Waals surface area contributed by atoms with Crippen LogP contribution in [0.1, 0.15) is 17.0 Å². The summed E-state index contributed by atoms with van der Waals surface area (Å²) in [5, 5.41) is 17.0. The molecule has 0 aliphatic rings. The first-order chi connectivity index (χ1) is 9.94. The molecule has 0 aliphatic heterocycles. The molecule has 110 valence electrons. The number of nitrogens with zero attached hydrogens (tertiary/aromatic N) is 3. The van der Waals surface area contributed by atoms with E-state index in [1.165, 1.54) is 11.3 Å². The van der Waals surface area contributed by atoms with E-state index in [9.17, 15) is 13.2 Å². The van der Waals surface area contributed by atoms with E-state index in [-0.39, 0.29) is 17.9 Å². The van der Waals surface area contributed by atoms with Crippen molar-refractivity contribution in [2.45, 2.75) is 12.7 Å². The number of hydrogen-bond acceptors (Lipinski definition) is 6. The van der Waals surface area contributed by atoms with Gasteiger partial charge in [0.2, 0.25) is 0 Å². The van der Waals surface area contributed by atoms with Crippen LogP contribution in [-0.2, 0) is 12.7 Å². The molecule has 2 heterocycles. The number of aromatic nitrogens is 2. The second kappa shape index (κ2) is 5.97. The summed E-state index contributed by atoms with van der Waals surface area (Å²) in [5.41, 5.74) is -0.349. The molecule has 0 radical (unpaired) electrons. The zero-order valence-electron chi connectivity index (χ0n) is 10.8. The summed E-state index contributed by atoms with van der Waals surface area (Å²) in [4.78, 5) is 7.64. The number of nitriles is 1. The highest BCUT2D eigenvalue weighted by Crippen LogP contribution is 2.29. The average molecular weight is 313 g/mol. The summed E-state index contributed by atoms with van der Waals surface area (Å²) in [6.45, 7) is 0.182. The van der Waals surface area contributed by atoms with Crippen LogP contribution in [-0.4, -0.2) is 17.0 Å². The highest BCUT2D eigenvalue weighted by Gasteiger charge is 2.33. The van der Waals surface area contributed by atoms with E-state index in [4.69, 9.17) is 5.26 Å². The molecule has 0 aromatic carbocycles. The lowest BCUT2D eigenvalue weighted by atomic mass is 10.2. The first-order valence-corrected chi connectivity index (χ1v) is 6.66.